The van der Waals surface area contributed by atoms with E-state index in [4.69, 9.17) is 0 Å². The van der Waals surface area contributed by atoms with Gasteiger partial charge in [-0.25, -0.2) is 0 Å². The molecule has 1 atom stereocenters. The number of phenols is 4. The van der Waals surface area contributed by atoms with Crippen molar-refractivity contribution >= 4 is 5.71 Å². The summed E-state index contributed by atoms with van der Waals surface area (Å²) in [6.45, 7) is 1.98. The van der Waals surface area contributed by atoms with Crippen molar-refractivity contribution in [1.29, 1.82) is 0 Å². The molecule has 4 N–H and O–H groups in total. The maximum atomic E-state index is 9.60. The average Bonchev–Trinajstić information content (AvgIpc) is 2.50. The summed E-state index contributed by atoms with van der Waals surface area (Å²) in [5.41, 5.74) is 2.38. The normalized spacial score (nSPS) is 13.1. The zero-order valence-corrected chi connectivity index (χ0v) is 12.5. The van der Waals surface area contributed by atoms with E-state index in [1.165, 1.54) is 24.3 Å². The summed E-state index contributed by atoms with van der Waals surface area (Å²) >= 11 is 0. The third kappa shape index (κ3) is 3.31. The van der Waals surface area contributed by atoms with E-state index in [0.717, 1.165) is 16.8 Å². The topological polar surface area (TPSA) is 93.3 Å². The monoisotopic (exact) mass is 301 g/mol. The van der Waals surface area contributed by atoms with E-state index in [9.17, 15) is 20.4 Å². The molecule has 2 aromatic rings. The Morgan fingerprint density at radius 1 is 0.909 bits per heavy atom. The SMILES string of the molecule is CN=C(CC(C)c1ccc(O)c(O)c1)c1ccc(O)c(O)c1. The van der Waals surface area contributed by atoms with Crippen LogP contribution in [0, 0.1) is 0 Å². The maximum absolute atomic E-state index is 9.60. The number of phenolic OH excluding ortho intramolecular Hbond substituents is 4. The minimum atomic E-state index is -0.186. The van der Waals surface area contributed by atoms with E-state index in [2.05, 4.69) is 4.99 Å². The van der Waals surface area contributed by atoms with Crippen LogP contribution >= 0.6 is 0 Å². The number of hydrogen-bond donors (Lipinski definition) is 4. The largest absolute Gasteiger partial charge is 0.504 e. The minimum Gasteiger partial charge on any atom is -0.504 e. The number of aromatic hydroxyl groups is 4. The first-order chi connectivity index (χ1) is 10.4. The van der Waals surface area contributed by atoms with Gasteiger partial charge < -0.3 is 20.4 Å². The van der Waals surface area contributed by atoms with Crippen molar-refractivity contribution in [1.82, 2.24) is 0 Å². The van der Waals surface area contributed by atoms with Crippen molar-refractivity contribution in [2.45, 2.75) is 19.3 Å². The molecule has 5 nitrogen and oxygen atoms in total. The van der Waals surface area contributed by atoms with Crippen LogP contribution in [0.2, 0.25) is 0 Å². The second-order valence-electron chi connectivity index (χ2n) is 5.23. The molecule has 0 aliphatic rings. The highest BCUT2D eigenvalue weighted by Crippen LogP contribution is 2.31. The summed E-state index contributed by atoms with van der Waals surface area (Å²) in [5.74, 6) is -0.601. The lowest BCUT2D eigenvalue weighted by atomic mass is 9.92. The fourth-order valence-electron chi connectivity index (χ4n) is 2.30. The molecule has 2 aromatic carbocycles. The molecule has 5 heteroatoms. The number of nitrogens with zero attached hydrogens (tertiary/aromatic N) is 1. The van der Waals surface area contributed by atoms with Crippen molar-refractivity contribution < 1.29 is 20.4 Å². The van der Waals surface area contributed by atoms with Gasteiger partial charge in [-0.05, 0) is 53.8 Å². The first kappa shape index (κ1) is 15.7. The predicted octanol–water partition coefficient (Wildman–Crippen LogP) is 3.12. The molecule has 0 aliphatic heterocycles. The number of aliphatic imine (C=N–C) groups is 1. The Morgan fingerprint density at radius 3 is 2.05 bits per heavy atom. The molecule has 22 heavy (non-hydrogen) atoms. The zero-order chi connectivity index (χ0) is 16.3. The summed E-state index contributed by atoms with van der Waals surface area (Å²) in [5, 5.41) is 37.9. The highest BCUT2D eigenvalue weighted by Gasteiger charge is 2.14. The van der Waals surface area contributed by atoms with Gasteiger partial charge in [0.05, 0.1) is 0 Å². The van der Waals surface area contributed by atoms with Crippen molar-refractivity contribution in [3.05, 3.63) is 47.5 Å². The molecular weight excluding hydrogens is 282 g/mol. The van der Waals surface area contributed by atoms with Gasteiger partial charge in [0, 0.05) is 12.8 Å². The molecule has 0 saturated carbocycles. The molecule has 0 radical (unpaired) electrons. The number of benzene rings is 2. The molecule has 0 fully saturated rings. The second kappa shape index (κ2) is 6.39. The predicted molar refractivity (Wildman–Crippen MR) is 85.0 cm³/mol. The first-order valence-electron chi connectivity index (χ1n) is 6.92. The first-order valence-corrected chi connectivity index (χ1v) is 6.92. The van der Waals surface area contributed by atoms with Crippen LogP contribution in [0.1, 0.15) is 30.4 Å². The lowest BCUT2D eigenvalue weighted by Gasteiger charge is -2.15. The minimum absolute atomic E-state index is 0.0566. The molecule has 0 aliphatic carbocycles. The van der Waals surface area contributed by atoms with E-state index >= 15 is 0 Å². The van der Waals surface area contributed by atoms with Crippen LogP contribution in [0.3, 0.4) is 0 Å². The highest BCUT2D eigenvalue weighted by molar-refractivity contribution is 6.01. The van der Waals surface area contributed by atoms with Gasteiger partial charge in [-0.3, -0.25) is 4.99 Å². The van der Waals surface area contributed by atoms with Crippen molar-refractivity contribution in [2.24, 2.45) is 4.99 Å². The van der Waals surface area contributed by atoms with Crippen LogP contribution in [0.15, 0.2) is 41.4 Å². The van der Waals surface area contributed by atoms with Crippen molar-refractivity contribution in [2.75, 3.05) is 7.05 Å². The van der Waals surface area contributed by atoms with Gasteiger partial charge in [0.2, 0.25) is 0 Å². The van der Waals surface area contributed by atoms with Crippen molar-refractivity contribution in [3.8, 4) is 23.0 Å². The fraction of sp³-hybridized carbons (Fsp3) is 0.235. The van der Waals surface area contributed by atoms with Gasteiger partial charge in [0.1, 0.15) is 0 Å². The molecule has 116 valence electrons. The van der Waals surface area contributed by atoms with E-state index in [1.807, 2.05) is 6.92 Å². The van der Waals surface area contributed by atoms with Gasteiger partial charge in [-0.15, -0.1) is 0 Å². The molecule has 0 heterocycles. The smallest absolute Gasteiger partial charge is 0.158 e. The van der Waals surface area contributed by atoms with Gasteiger partial charge in [0.15, 0.2) is 23.0 Å². The van der Waals surface area contributed by atoms with Crippen LogP contribution in [0.25, 0.3) is 0 Å². The molecule has 0 bridgehead atoms. The standard InChI is InChI=1S/C17H19NO4/c1-10(11-3-5-14(19)16(21)8-11)7-13(18-2)12-4-6-15(20)17(22)9-12/h3-6,8-10,19-22H,7H2,1-2H3. The second-order valence-corrected chi connectivity index (χ2v) is 5.23. The van der Waals surface area contributed by atoms with E-state index in [1.54, 1.807) is 19.2 Å². The van der Waals surface area contributed by atoms with Gasteiger partial charge >= 0.3 is 0 Å². The van der Waals surface area contributed by atoms with Crippen LogP contribution in [0.4, 0.5) is 0 Å². The lowest BCUT2D eigenvalue weighted by molar-refractivity contribution is 0.403. The van der Waals surface area contributed by atoms with E-state index in [-0.39, 0.29) is 28.9 Å². The Hall–Kier alpha value is -2.69. The summed E-state index contributed by atoms with van der Waals surface area (Å²) in [7, 11) is 1.67. The van der Waals surface area contributed by atoms with Crippen LogP contribution in [0.5, 0.6) is 23.0 Å². The fourth-order valence-corrected chi connectivity index (χ4v) is 2.30. The Morgan fingerprint density at radius 2 is 1.50 bits per heavy atom. The number of hydrogen-bond acceptors (Lipinski definition) is 5. The van der Waals surface area contributed by atoms with E-state index < -0.39 is 0 Å². The Labute approximate surface area is 128 Å². The summed E-state index contributed by atoms with van der Waals surface area (Å²) in [4.78, 5) is 4.25. The molecular formula is C17H19NO4. The highest BCUT2D eigenvalue weighted by atomic mass is 16.3. The van der Waals surface area contributed by atoms with Gasteiger partial charge in [-0.2, -0.15) is 0 Å². The Bertz CT molecular complexity index is 710. The summed E-state index contributed by atoms with van der Waals surface area (Å²) in [6, 6.07) is 9.32. The Balaban J connectivity index is 2.22. The van der Waals surface area contributed by atoms with E-state index in [0.29, 0.717) is 6.42 Å². The molecule has 1 unspecified atom stereocenters. The van der Waals surface area contributed by atoms with Gasteiger partial charge in [0.25, 0.3) is 0 Å². The quantitative estimate of drug-likeness (QED) is 0.515. The molecule has 0 aromatic heterocycles. The lowest BCUT2D eigenvalue weighted by Crippen LogP contribution is -2.06. The van der Waals surface area contributed by atoms with Gasteiger partial charge in [-0.1, -0.05) is 13.0 Å². The third-order valence-electron chi connectivity index (χ3n) is 3.65. The van der Waals surface area contributed by atoms with Crippen LogP contribution < -0.4 is 0 Å². The number of rotatable bonds is 4. The third-order valence-corrected chi connectivity index (χ3v) is 3.65. The average molecular weight is 301 g/mol. The van der Waals surface area contributed by atoms with Crippen molar-refractivity contribution in [3.63, 3.8) is 0 Å². The maximum Gasteiger partial charge on any atom is 0.158 e. The molecule has 2 rings (SSSR count). The molecule has 0 amide bonds. The molecule has 0 saturated heterocycles. The van der Waals surface area contributed by atoms with Crippen LogP contribution in [-0.4, -0.2) is 33.2 Å². The Kier molecular flexibility index (Phi) is 4.56. The van der Waals surface area contributed by atoms with Crippen LogP contribution in [-0.2, 0) is 0 Å². The summed E-state index contributed by atoms with van der Waals surface area (Å²) in [6.07, 6.45) is 0.588. The summed E-state index contributed by atoms with van der Waals surface area (Å²) < 4.78 is 0. The molecule has 0 spiro atoms. The zero-order valence-electron chi connectivity index (χ0n) is 12.5.